The molecule has 6 N–H and O–H groups in total. The number of nitrogens with two attached hydrogens (primary N) is 1. The topological polar surface area (TPSA) is 176 Å². The van der Waals surface area contributed by atoms with Crippen LogP contribution in [0.15, 0.2) is 42.6 Å². The molecule has 1 aliphatic heterocycles. The number of nitrogens with one attached hydrogen (secondary N) is 4. The maximum atomic E-state index is 13.7. The molecule has 1 fully saturated rings. The molecule has 0 radical (unpaired) electrons. The van der Waals surface area contributed by atoms with Gasteiger partial charge in [-0.05, 0) is 80.1 Å². The molecule has 4 atom stereocenters. The minimum atomic E-state index is -0.685. The van der Waals surface area contributed by atoms with Gasteiger partial charge in [0.25, 0.3) is 0 Å². The number of likely N-dealkylation sites (tertiary alicyclic amines) is 1. The summed E-state index contributed by atoms with van der Waals surface area (Å²) in [7, 11) is 2.97. The van der Waals surface area contributed by atoms with Crippen LogP contribution in [-0.4, -0.2) is 81.2 Å². The number of hydrogen-bond donors (Lipinski definition) is 5. The minimum Gasteiger partial charge on any atom is -0.453 e. The minimum absolute atomic E-state index is 0.101. The first kappa shape index (κ1) is 37.7. The molecule has 0 spiro atoms. The van der Waals surface area contributed by atoms with Crippen LogP contribution in [-0.2, 0) is 14.4 Å². The molecule has 4 aromatic heterocycles. The fourth-order valence-corrected chi connectivity index (χ4v) is 8.89. The zero-order chi connectivity index (χ0) is 38.1. The van der Waals surface area contributed by atoms with Gasteiger partial charge in [-0.25, -0.2) is 14.8 Å². The number of benzene rings is 2. The van der Waals surface area contributed by atoms with E-state index in [1.165, 1.54) is 7.11 Å². The number of hydroxylamine groups is 1. The largest absolute Gasteiger partial charge is 0.453 e. The summed E-state index contributed by atoms with van der Waals surface area (Å²) in [4.78, 5) is 56.3. The van der Waals surface area contributed by atoms with Gasteiger partial charge < -0.3 is 35.5 Å². The molecule has 286 valence electrons. The molecule has 5 heterocycles. The smallest absolute Gasteiger partial charge is 0.407 e. The lowest BCUT2D eigenvalue weighted by Crippen LogP contribution is -2.51. The summed E-state index contributed by atoms with van der Waals surface area (Å²) in [5.41, 5.74) is 14.7. The molecule has 0 bridgehead atoms. The zero-order valence-electron chi connectivity index (χ0n) is 31.9. The first-order valence-electron chi connectivity index (χ1n) is 18.9. The van der Waals surface area contributed by atoms with Gasteiger partial charge in [-0.15, -0.1) is 11.3 Å². The summed E-state index contributed by atoms with van der Waals surface area (Å²) in [5, 5.41) is 4.87. The van der Waals surface area contributed by atoms with E-state index in [0.717, 1.165) is 97.2 Å². The van der Waals surface area contributed by atoms with Crippen LogP contribution < -0.4 is 16.5 Å². The lowest BCUT2D eigenvalue weighted by Gasteiger charge is -2.29. The van der Waals surface area contributed by atoms with E-state index in [0.29, 0.717) is 19.0 Å². The number of H-pyrrole nitrogens is 2. The Morgan fingerprint density at radius 3 is 2.52 bits per heavy atom. The summed E-state index contributed by atoms with van der Waals surface area (Å²) in [6.45, 7) is 9.46. The SMILES string of the molecule is CON[C@H](CC(CCCN)c1nc2ccc3cc(-c4cc5ccc6nc([C@@H]7CCCN7C(=O)[C@@H](NC(=O)OC)C(C)C)[nH]c6c5s4)cnc3c2[nH]1)C(C)C. The van der Waals surface area contributed by atoms with Crippen molar-refractivity contribution < 1.29 is 19.2 Å². The average Bonchev–Trinajstić information content (AvgIpc) is 3.98. The van der Waals surface area contributed by atoms with Gasteiger partial charge in [-0.1, -0.05) is 39.8 Å². The van der Waals surface area contributed by atoms with Crippen LogP contribution in [0, 0.1) is 11.8 Å². The van der Waals surface area contributed by atoms with Gasteiger partial charge in [0.05, 0.1) is 52.5 Å². The lowest BCUT2D eigenvalue weighted by atomic mass is 9.89. The second-order valence-corrected chi connectivity index (χ2v) is 16.1. The molecule has 14 heteroatoms. The van der Waals surface area contributed by atoms with Crippen LogP contribution in [0.4, 0.5) is 4.79 Å². The van der Waals surface area contributed by atoms with Crippen LogP contribution in [0.3, 0.4) is 0 Å². The molecule has 1 saturated heterocycles. The monoisotopic (exact) mass is 753 g/mol. The standard InChI is InChI=1S/C40H51N9O4S/c1-21(2)29(48-53-6)18-25(9-7-15-41)37-43-27-13-11-23-17-26(20-42-33(23)34(27)45-37)31-19-24-12-14-28-35(36(24)54-31)46-38(44-28)30-10-8-16-49(30)39(50)32(22(3)4)47-40(51)52-5/h11-14,17,19-22,25,29-30,32,48H,7-10,15-16,18,41H2,1-6H3,(H,43,45)(H,44,46)(H,47,51)/t25?,29-,30+,32+/m1/s1. The molecule has 1 aliphatic rings. The number of aromatic amines is 2. The highest BCUT2D eigenvalue weighted by molar-refractivity contribution is 7.23. The summed E-state index contributed by atoms with van der Waals surface area (Å²) in [5.74, 6) is 2.08. The number of amides is 2. The van der Waals surface area contributed by atoms with E-state index in [4.69, 9.17) is 30.3 Å². The number of pyridine rings is 1. The van der Waals surface area contributed by atoms with Gasteiger partial charge in [0.2, 0.25) is 5.91 Å². The molecule has 0 aliphatic carbocycles. The van der Waals surface area contributed by atoms with E-state index < -0.39 is 12.1 Å². The van der Waals surface area contributed by atoms with E-state index in [2.05, 4.69) is 64.9 Å². The number of carbonyl (C=O) groups is 2. The van der Waals surface area contributed by atoms with Gasteiger partial charge in [0.1, 0.15) is 17.7 Å². The Balaban J connectivity index is 1.17. The van der Waals surface area contributed by atoms with Crippen LogP contribution in [0.25, 0.3) is 53.5 Å². The molecular formula is C40H51N9O4S. The number of thiophene rings is 1. The summed E-state index contributed by atoms with van der Waals surface area (Å²) in [6, 6.07) is 12.0. The van der Waals surface area contributed by atoms with Crippen molar-refractivity contribution in [1.82, 2.24) is 40.6 Å². The van der Waals surface area contributed by atoms with Crippen molar-refractivity contribution in [1.29, 1.82) is 0 Å². The number of alkyl carbamates (subject to hydrolysis) is 1. The molecule has 6 aromatic rings. The van der Waals surface area contributed by atoms with Gasteiger partial charge in [-0.2, -0.15) is 5.48 Å². The Morgan fingerprint density at radius 1 is 1.02 bits per heavy atom. The van der Waals surface area contributed by atoms with E-state index in [1.54, 1.807) is 18.4 Å². The van der Waals surface area contributed by atoms with E-state index >= 15 is 0 Å². The van der Waals surface area contributed by atoms with Gasteiger partial charge in [-0.3, -0.25) is 9.78 Å². The first-order valence-corrected chi connectivity index (χ1v) is 19.8. The lowest BCUT2D eigenvalue weighted by molar-refractivity contribution is -0.135. The maximum Gasteiger partial charge on any atom is 0.407 e. The maximum absolute atomic E-state index is 13.7. The highest BCUT2D eigenvalue weighted by Crippen LogP contribution is 2.40. The summed E-state index contributed by atoms with van der Waals surface area (Å²) < 4.78 is 5.90. The van der Waals surface area contributed by atoms with E-state index in [9.17, 15) is 9.59 Å². The average molecular weight is 754 g/mol. The second-order valence-electron chi connectivity index (χ2n) is 15.1. The summed E-state index contributed by atoms with van der Waals surface area (Å²) in [6.07, 6.45) is 5.70. The van der Waals surface area contributed by atoms with Crippen molar-refractivity contribution in [3.05, 3.63) is 54.2 Å². The highest BCUT2D eigenvalue weighted by atomic mass is 32.1. The normalized spacial score (nSPS) is 16.7. The van der Waals surface area contributed by atoms with Crippen LogP contribution in [0.2, 0.25) is 0 Å². The van der Waals surface area contributed by atoms with Crippen molar-refractivity contribution in [2.75, 3.05) is 27.3 Å². The Morgan fingerprint density at radius 2 is 1.80 bits per heavy atom. The van der Waals surface area contributed by atoms with Gasteiger partial charge >= 0.3 is 6.09 Å². The van der Waals surface area contributed by atoms with Gasteiger partial charge in [0, 0.05) is 40.5 Å². The van der Waals surface area contributed by atoms with E-state index in [-0.39, 0.29) is 29.8 Å². The Labute approximate surface area is 318 Å². The Bertz CT molecular complexity index is 2280. The molecule has 7 rings (SSSR count). The fourth-order valence-electron chi connectivity index (χ4n) is 7.75. The van der Waals surface area contributed by atoms with Crippen molar-refractivity contribution in [3.63, 3.8) is 0 Å². The third-order valence-electron chi connectivity index (χ3n) is 10.8. The number of rotatable bonds is 14. The molecule has 2 aromatic carbocycles. The quantitative estimate of drug-likeness (QED) is 0.0715. The van der Waals surface area contributed by atoms with Crippen molar-refractivity contribution in [2.45, 2.75) is 83.8 Å². The first-order chi connectivity index (χ1) is 26.1. The highest BCUT2D eigenvalue weighted by Gasteiger charge is 2.37. The molecule has 2 amide bonds. The number of imidazole rings is 2. The van der Waals surface area contributed by atoms with Crippen LogP contribution in [0.5, 0.6) is 0 Å². The number of fused-ring (bicyclic) bond motifs is 6. The number of carbonyl (C=O) groups excluding carboxylic acids is 2. The fraction of sp³-hybridized carbons (Fsp3) is 0.475. The van der Waals surface area contributed by atoms with Crippen LogP contribution in [0.1, 0.15) is 83.4 Å². The predicted molar refractivity (Wildman–Crippen MR) is 214 cm³/mol. The third-order valence-corrected chi connectivity index (χ3v) is 12.0. The Kier molecular flexibility index (Phi) is 11.2. The second kappa shape index (κ2) is 16.0. The molecule has 1 unspecified atom stereocenters. The number of ether oxygens (including phenoxy) is 1. The van der Waals surface area contributed by atoms with Crippen LogP contribution >= 0.6 is 11.3 Å². The Hall–Kier alpha value is -4.63. The summed E-state index contributed by atoms with van der Waals surface area (Å²) >= 11 is 1.70. The molecule has 0 saturated carbocycles. The molecule has 13 nitrogen and oxygen atoms in total. The number of hydrogen-bond acceptors (Lipinski definition) is 10. The van der Waals surface area contributed by atoms with Crippen molar-refractivity contribution in [3.8, 4) is 10.4 Å². The van der Waals surface area contributed by atoms with Crippen molar-refractivity contribution >= 4 is 66.4 Å². The zero-order valence-corrected chi connectivity index (χ0v) is 32.7. The number of aromatic nitrogens is 5. The predicted octanol–water partition coefficient (Wildman–Crippen LogP) is 7.30. The van der Waals surface area contributed by atoms with E-state index in [1.807, 2.05) is 31.0 Å². The third kappa shape index (κ3) is 7.39. The number of methoxy groups -OCH3 is 1. The van der Waals surface area contributed by atoms with Gasteiger partial charge in [0.15, 0.2) is 0 Å². The number of nitrogens with zero attached hydrogens (tertiary/aromatic N) is 4. The van der Waals surface area contributed by atoms with Crippen molar-refractivity contribution in [2.24, 2.45) is 17.6 Å². The molecule has 54 heavy (non-hydrogen) atoms. The molecular weight excluding hydrogens is 703 g/mol.